The molecule has 0 aliphatic rings. The fourth-order valence-electron chi connectivity index (χ4n) is 1.54. The van der Waals surface area contributed by atoms with Gasteiger partial charge in [0, 0.05) is 6.54 Å². The summed E-state index contributed by atoms with van der Waals surface area (Å²) in [6, 6.07) is 6.78. The highest BCUT2D eigenvalue weighted by atomic mass is 16.3. The number of rotatable bonds is 6. The van der Waals surface area contributed by atoms with Crippen molar-refractivity contribution in [1.82, 2.24) is 10.2 Å². The molecule has 94 valence electrons. The zero-order valence-electron chi connectivity index (χ0n) is 10.4. The third-order valence-electron chi connectivity index (χ3n) is 2.38. The minimum atomic E-state index is -0.00523. The number of hydrogen-bond acceptors (Lipinski definition) is 3. The number of carbonyl (C=O) groups is 1. The fraction of sp³-hybridized carbons (Fsp3) is 0.462. The molecule has 0 aliphatic heterocycles. The number of nitrogens with one attached hydrogen (secondary N) is 1. The monoisotopic (exact) mass is 236 g/mol. The Balaban J connectivity index is 2.25. The molecule has 0 saturated heterocycles. The smallest absolute Gasteiger partial charge is 0.224 e. The van der Waals surface area contributed by atoms with Crippen molar-refractivity contribution in [2.75, 3.05) is 27.2 Å². The second-order valence-corrected chi connectivity index (χ2v) is 4.35. The van der Waals surface area contributed by atoms with Crippen LogP contribution in [0.1, 0.15) is 12.0 Å². The molecule has 0 atom stereocenters. The largest absolute Gasteiger partial charge is 0.508 e. The molecule has 0 bridgehead atoms. The highest BCUT2D eigenvalue weighted by molar-refractivity contribution is 5.78. The molecule has 0 aromatic heterocycles. The Labute approximate surface area is 102 Å². The first kappa shape index (κ1) is 13.5. The summed E-state index contributed by atoms with van der Waals surface area (Å²) >= 11 is 0. The van der Waals surface area contributed by atoms with Crippen molar-refractivity contribution in [2.45, 2.75) is 12.8 Å². The van der Waals surface area contributed by atoms with Gasteiger partial charge in [-0.1, -0.05) is 12.1 Å². The van der Waals surface area contributed by atoms with Gasteiger partial charge in [-0.25, -0.2) is 0 Å². The van der Waals surface area contributed by atoms with Crippen molar-refractivity contribution in [1.29, 1.82) is 0 Å². The fourth-order valence-corrected chi connectivity index (χ4v) is 1.54. The molecule has 1 aromatic carbocycles. The second-order valence-electron chi connectivity index (χ2n) is 4.35. The van der Waals surface area contributed by atoms with Crippen molar-refractivity contribution >= 4 is 5.91 Å². The number of amides is 1. The van der Waals surface area contributed by atoms with E-state index in [1.54, 1.807) is 18.2 Å². The Morgan fingerprint density at radius 1 is 1.41 bits per heavy atom. The number of carbonyl (C=O) groups excluding carboxylic acids is 1. The average Bonchev–Trinajstić information content (AvgIpc) is 2.24. The average molecular weight is 236 g/mol. The first-order valence-electron chi connectivity index (χ1n) is 5.77. The Morgan fingerprint density at radius 2 is 2.18 bits per heavy atom. The number of nitrogens with zero attached hydrogens (tertiary/aromatic N) is 1. The predicted octanol–water partition coefficient (Wildman–Crippen LogP) is 1.00. The quantitative estimate of drug-likeness (QED) is 0.725. The molecular weight excluding hydrogens is 216 g/mol. The molecule has 1 rings (SSSR count). The summed E-state index contributed by atoms with van der Waals surface area (Å²) in [5.41, 5.74) is 0.829. The van der Waals surface area contributed by atoms with Gasteiger partial charge in [-0.05, 0) is 44.8 Å². The lowest BCUT2D eigenvalue weighted by Crippen LogP contribution is -2.28. The molecule has 0 heterocycles. The zero-order chi connectivity index (χ0) is 12.7. The van der Waals surface area contributed by atoms with Crippen LogP contribution in [0.2, 0.25) is 0 Å². The Hall–Kier alpha value is -1.55. The Kier molecular flexibility index (Phi) is 5.49. The van der Waals surface area contributed by atoms with E-state index in [1.165, 1.54) is 0 Å². The second kappa shape index (κ2) is 6.91. The molecule has 2 N–H and O–H groups in total. The molecule has 0 spiro atoms. The van der Waals surface area contributed by atoms with E-state index in [4.69, 9.17) is 0 Å². The molecule has 4 heteroatoms. The van der Waals surface area contributed by atoms with E-state index >= 15 is 0 Å². The SMILES string of the molecule is CN(C)CCCNC(=O)Cc1cccc(O)c1. The van der Waals surface area contributed by atoms with Crippen LogP contribution in [0, 0.1) is 0 Å². The molecule has 0 aliphatic carbocycles. The molecule has 0 unspecified atom stereocenters. The highest BCUT2D eigenvalue weighted by Crippen LogP contribution is 2.11. The molecule has 4 nitrogen and oxygen atoms in total. The first-order valence-corrected chi connectivity index (χ1v) is 5.77. The maximum atomic E-state index is 11.6. The van der Waals surface area contributed by atoms with Crippen molar-refractivity contribution in [3.05, 3.63) is 29.8 Å². The Bertz CT molecular complexity index is 364. The van der Waals surface area contributed by atoms with E-state index in [0.29, 0.717) is 13.0 Å². The van der Waals surface area contributed by atoms with E-state index in [9.17, 15) is 9.90 Å². The minimum Gasteiger partial charge on any atom is -0.508 e. The highest BCUT2D eigenvalue weighted by Gasteiger charge is 2.03. The summed E-state index contributed by atoms with van der Waals surface area (Å²) in [4.78, 5) is 13.6. The lowest BCUT2D eigenvalue weighted by atomic mass is 10.1. The first-order chi connectivity index (χ1) is 8.08. The van der Waals surface area contributed by atoms with Gasteiger partial charge in [0.25, 0.3) is 0 Å². The summed E-state index contributed by atoms with van der Waals surface area (Å²) in [5, 5.41) is 12.1. The summed E-state index contributed by atoms with van der Waals surface area (Å²) in [7, 11) is 4.02. The predicted molar refractivity (Wildman–Crippen MR) is 68.0 cm³/mol. The van der Waals surface area contributed by atoms with Crippen LogP contribution in [0.25, 0.3) is 0 Å². The normalized spacial score (nSPS) is 10.5. The van der Waals surface area contributed by atoms with Crippen LogP contribution in [-0.2, 0) is 11.2 Å². The topological polar surface area (TPSA) is 52.6 Å². The van der Waals surface area contributed by atoms with Crippen LogP contribution in [0.4, 0.5) is 0 Å². The van der Waals surface area contributed by atoms with E-state index in [0.717, 1.165) is 18.5 Å². The maximum absolute atomic E-state index is 11.6. The molecular formula is C13H20N2O2. The van der Waals surface area contributed by atoms with Gasteiger partial charge >= 0.3 is 0 Å². The number of hydrogen-bond donors (Lipinski definition) is 2. The van der Waals surface area contributed by atoms with Crippen LogP contribution in [0.3, 0.4) is 0 Å². The summed E-state index contributed by atoms with van der Waals surface area (Å²) < 4.78 is 0. The van der Waals surface area contributed by atoms with Gasteiger partial charge in [0.05, 0.1) is 6.42 Å². The third kappa shape index (κ3) is 5.92. The van der Waals surface area contributed by atoms with Gasteiger partial charge in [0.15, 0.2) is 0 Å². The van der Waals surface area contributed by atoms with E-state index in [2.05, 4.69) is 10.2 Å². The molecule has 1 amide bonds. The van der Waals surface area contributed by atoms with Crippen LogP contribution in [-0.4, -0.2) is 43.1 Å². The Morgan fingerprint density at radius 3 is 2.82 bits per heavy atom. The van der Waals surface area contributed by atoms with Crippen LogP contribution >= 0.6 is 0 Å². The van der Waals surface area contributed by atoms with Crippen molar-refractivity contribution in [2.24, 2.45) is 0 Å². The van der Waals surface area contributed by atoms with Gasteiger partial charge < -0.3 is 15.3 Å². The van der Waals surface area contributed by atoms with Crippen LogP contribution in [0.15, 0.2) is 24.3 Å². The lowest BCUT2D eigenvalue weighted by molar-refractivity contribution is -0.120. The number of phenolic OH excluding ortho intramolecular Hbond substituents is 1. The number of benzene rings is 1. The van der Waals surface area contributed by atoms with E-state index in [-0.39, 0.29) is 11.7 Å². The standard InChI is InChI=1S/C13H20N2O2/c1-15(2)8-4-7-14-13(17)10-11-5-3-6-12(16)9-11/h3,5-6,9,16H,4,7-8,10H2,1-2H3,(H,14,17). The molecule has 0 radical (unpaired) electrons. The minimum absolute atomic E-state index is 0.00523. The molecule has 0 fully saturated rings. The lowest BCUT2D eigenvalue weighted by Gasteiger charge is -2.09. The van der Waals surface area contributed by atoms with Gasteiger partial charge in [0.1, 0.15) is 5.75 Å². The maximum Gasteiger partial charge on any atom is 0.224 e. The molecule has 0 saturated carbocycles. The van der Waals surface area contributed by atoms with E-state index < -0.39 is 0 Å². The molecule has 1 aromatic rings. The van der Waals surface area contributed by atoms with Crippen LogP contribution in [0.5, 0.6) is 5.75 Å². The third-order valence-corrected chi connectivity index (χ3v) is 2.38. The van der Waals surface area contributed by atoms with Crippen molar-refractivity contribution in [3.8, 4) is 5.75 Å². The number of aromatic hydroxyl groups is 1. The van der Waals surface area contributed by atoms with Crippen molar-refractivity contribution in [3.63, 3.8) is 0 Å². The van der Waals surface area contributed by atoms with Crippen molar-refractivity contribution < 1.29 is 9.90 Å². The summed E-state index contributed by atoms with van der Waals surface area (Å²) in [6.45, 7) is 1.65. The summed E-state index contributed by atoms with van der Waals surface area (Å²) in [6.07, 6.45) is 1.26. The summed E-state index contributed by atoms with van der Waals surface area (Å²) in [5.74, 6) is 0.192. The van der Waals surface area contributed by atoms with Gasteiger partial charge in [-0.15, -0.1) is 0 Å². The zero-order valence-corrected chi connectivity index (χ0v) is 10.4. The molecule has 17 heavy (non-hydrogen) atoms. The van der Waals surface area contributed by atoms with E-state index in [1.807, 2.05) is 20.2 Å². The van der Waals surface area contributed by atoms with Crippen LogP contribution < -0.4 is 5.32 Å². The van der Waals surface area contributed by atoms with Gasteiger partial charge in [-0.3, -0.25) is 4.79 Å². The number of phenols is 1. The van der Waals surface area contributed by atoms with Gasteiger partial charge in [0.2, 0.25) is 5.91 Å². The van der Waals surface area contributed by atoms with Gasteiger partial charge in [-0.2, -0.15) is 0 Å².